The summed E-state index contributed by atoms with van der Waals surface area (Å²) in [6, 6.07) is 9.29. The van der Waals surface area contributed by atoms with Gasteiger partial charge in [-0.2, -0.15) is 10.2 Å². The molecule has 0 atom stereocenters. The Kier molecular flexibility index (Phi) is 3.61. The van der Waals surface area contributed by atoms with Gasteiger partial charge in [0.25, 0.3) is 5.91 Å². The van der Waals surface area contributed by atoms with Crippen molar-refractivity contribution in [2.45, 2.75) is 19.4 Å². The first-order valence-electron chi connectivity index (χ1n) is 7.78. The molecule has 0 radical (unpaired) electrons. The monoisotopic (exact) mass is 341 g/mol. The van der Waals surface area contributed by atoms with E-state index in [1.54, 1.807) is 24.0 Å². The lowest BCUT2D eigenvalue weighted by molar-refractivity contribution is 0.102. The van der Waals surface area contributed by atoms with Crippen LogP contribution in [0.5, 0.6) is 0 Å². The molecule has 0 saturated carbocycles. The SMILES string of the molecule is Cn1cc(C(=O)Nc2cc3n(n2)CCC3)c(-c2ccccc2Cl)n1. The van der Waals surface area contributed by atoms with Crippen LogP contribution in [-0.2, 0) is 20.0 Å². The normalized spacial score (nSPS) is 13.1. The molecule has 0 spiro atoms. The largest absolute Gasteiger partial charge is 0.305 e. The molecule has 0 bridgehead atoms. The Hall–Kier alpha value is -2.60. The number of anilines is 1. The predicted molar refractivity (Wildman–Crippen MR) is 92.2 cm³/mol. The summed E-state index contributed by atoms with van der Waals surface area (Å²) in [6.07, 6.45) is 3.80. The summed E-state index contributed by atoms with van der Waals surface area (Å²) in [5.41, 5.74) is 2.92. The summed E-state index contributed by atoms with van der Waals surface area (Å²) in [4.78, 5) is 12.7. The maximum atomic E-state index is 12.7. The Morgan fingerprint density at radius 1 is 1.29 bits per heavy atom. The first-order chi connectivity index (χ1) is 11.6. The number of hydrogen-bond acceptors (Lipinski definition) is 3. The zero-order chi connectivity index (χ0) is 16.7. The van der Waals surface area contributed by atoms with Crippen LogP contribution in [0.1, 0.15) is 22.5 Å². The molecule has 24 heavy (non-hydrogen) atoms. The van der Waals surface area contributed by atoms with Crippen LogP contribution in [0.25, 0.3) is 11.3 Å². The van der Waals surface area contributed by atoms with Crippen LogP contribution in [0.3, 0.4) is 0 Å². The summed E-state index contributed by atoms with van der Waals surface area (Å²) in [7, 11) is 1.78. The van der Waals surface area contributed by atoms with Crippen molar-refractivity contribution in [1.29, 1.82) is 0 Å². The van der Waals surface area contributed by atoms with E-state index in [0.29, 0.717) is 22.1 Å². The summed E-state index contributed by atoms with van der Waals surface area (Å²) < 4.78 is 3.55. The molecule has 0 unspecified atom stereocenters. The van der Waals surface area contributed by atoms with Gasteiger partial charge in [-0.3, -0.25) is 14.2 Å². The summed E-state index contributed by atoms with van der Waals surface area (Å²) in [5, 5.41) is 12.2. The highest BCUT2D eigenvalue weighted by Gasteiger charge is 2.21. The molecule has 1 aromatic carbocycles. The average molecular weight is 342 g/mol. The quantitative estimate of drug-likeness (QED) is 0.796. The van der Waals surface area contributed by atoms with E-state index in [1.807, 2.05) is 28.9 Å². The highest BCUT2D eigenvalue weighted by atomic mass is 35.5. The molecule has 3 heterocycles. The number of aromatic nitrogens is 4. The van der Waals surface area contributed by atoms with Crippen LogP contribution < -0.4 is 5.32 Å². The maximum Gasteiger partial charge on any atom is 0.260 e. The lowest BCUT2D eigenvalue weighted by Gasteiger charge is -2.04. The van der Waals surface area contributed by atoms with Crippen molar-refractivity contribution < 1.29 is 4.79 Å². The van der Waals surface area contributed by atoms with E-state index in [9.17, 15) is 4.79 Å². The number of aryl methyl sites for hydroxylation is 3. The van der Waals surface area contributed by atoms with Gasteiger partial charge in [-0.25, -0.2) is 0 Å². The summed E-state index contributed by atoms with van der Waals surface area (Å²) in [5.74, 6) is 0.332. The van der Waals surface area contributed by atoms with E-state index in [0.717, 1.165) is 30.6 Å². The summed E-state index contributed by atoms with van der Waals surface area (Å²) >= 11 is 6.26. The van der Waals surface area contributed by atoms with Gasteiger partial charge >= 0.3 is 0 Å². The second-order valence-electron chi connectivity index (χ2n) is 5.85. The van der Waals surface area contributed by atoms with Gasteiger partial charge in [0.15, 0.2) is 5.82 Å². The van der Waals surface area contributed by atoms with Crippen LogP contribution in [-0.4, -0.2) is 25.5 Å². The molecule has 1 N–H and O–H groups in total. The Morgan fingerprint density at radius 2 is 2.12 bits per heavy atom. The Balaban J connectivity index is 1.66. The van der Waals surface area contributed by atoms with Crippen molar-refractivity contribution in [1.82, 2.24) is 19.6 Å². The standard InChI is InChI=1S/C17H16ClN5O/c1-22-10-13(16(21-22)12-6-2-3-7-14(12)18)17(24)19-15-9-11-5-4-8-23(11)20-15/h2-3,6-7,9-10H,4-5,8H2,1H3,(H,19,20,24). The first kappa shape index (κ1) is 15.0. The third-order valence-corrected chi connectivity index (χ3v) is 4.44. The van der Waals surface area contributed by atoms with Gasteiger partial charge < -0.3 is 5.32 Å². The van der Waals surface area contributed by atoms with Crippen molar-refractivity contribution in [3.8, 4) is 11.3 Å². The van der Waals surface area contributed by atoms with Crippen LogP contribution in [0.2, 0.25) is 5.02 Å². The molecular weight excluding hydrogens is 326 g/mol. The van der Waals surface area contributed by atoms with Crippen LogP contribution >= 0.6 is 11.6 Å². The number of hydrogen-bond donors (Lipinski definition) is 1. The molecule has 1 amide bonds. The molecule has 1 aliphatic rings. The lowest BCUT2D eigenvalue weighted by Crippen LogP contribution is -2.13. The van der Waals surface area contributed by atoms with Crippen molar-refractivity contribution in [2.24, 2.45) is 7.05 Å². The highest BCUT2D eigenvalue weighted by molar-refractivity contribution is 6.33. The van der Waals surface area contributed by atoms with Crippen LogP contribution in [0.15, 0.2) is 36.5 Å². The van der Waals surface area contributed by atoms with E-state index in [4.69, 9.17) is 11.6 Å². The molecule has 7 heteroatoms. The molecule has 6 nitrogen and oxygen atoms in total. The van der Waals surface area contributed by atoms with E-state index in [1.165, 1.54) is 0 Å². The van der Waals surface area contributed by atoms with Crippen LogP contribution in [0.4, 0.5) is 5.82 Å². The van der Waals surface area contributed by atoms with Gasteiger partial charge in [0.1, 0.15) is 5.69 Å². The smallest absolute Gasteiger partial charge is 0.260 e. The molecule has 3 aromatic rings. The third kappa shape index (κ3) is 2.59. The Labute approximate surface area is 144 Å². The summed E-state index contributed by atoms with van der Waals surface area (Å²) in [6.45, 7) is 0.906. The number of rotatable bonds is 3. The number of carbonyl (C=O) groups excluding carboxylic acids is 1. The fourth-order valence-electron chi connectivity index (χ4n) is 3.01. The average Bonchev–Trinajstić information content (AvgIpc) is 3.22. The zero-order valence-corrected chi connectivity index (χ0v) is 13.9. The van der Waals surface area contributed by atoms with E-state index in [-0.39, 0.29) is 5.91 Å². The predicted octanol–water partition coefficient (Wildman–Crippen LogP) is 3.14. The van der Waals surface area contributed by atoms with Crippen molar-refractivity contribution >= 4 is 23.3 Å². The number of amides is 1. The third-order valence-electron chi connectivity index (χ3n) is 4.11. The van der Waals surface area contributed by atoms with Crippen LogP contribution in [0, 0.1) is 0 Å². The first-order valence-corrected chi connectivity index (χ1v) is 8.16. The lowest BCUT2D eigenvalue weighted by atomic mass is 10.1. The molecule has 0 fully saturated rings. The topological polar surface area (TPSA) is 64.7 Å². The molecule has 1 aliphatic heterocycles. The molecule has 0 aliphatic carbocycles. The number of nitrogens with one attached hydrogen (secondary N) is 1. The minimum absolute atomic E-state index is 0.241. The fourth-order valence-corrected chi connectivity index (χ4v) is 3.24. The fraction of sp³-hybridized carbons (Fsp3) is 0.235. The van der Waals surface area contributed by atoms with E-state index in [2.05, 4.69) is 15.5 Å². The number of benzene rings is 1. The number of fused-ring (bicyclic) bond motifs is 1. The maximum absolute atomic E-state index is 12.7. The molecule has 122 valence electrons. The van der Waals surface area contributed by atoms with Gasteiger partial charge in [-0.15, -0.1) is 0 Å². The molecule has 0 saturated heterocycles. The second kappa shape index (κ2) is 5.79. The number of nitrogens with zero attached hydrogens (tertiary/aromatic N) is 4. The van der Waals surface area contributed by atoms with Gasteiger partial charge in [-0.05, 0) is 18.9 Å². The second-order valence-corrected chi connectivity index (χ2v) is 6.25. The van der Waals surface area contributed by atoms with Gasteiger partial charge in [0, 0.05) is 37.1 Å². The van der Waals surface area contributed by atoms with Gasteiger partial charge in [0.05, 0.1) is 10.6 Å². The molecule has 2 aromatic heterocycles. The van der Waals surface area contributed by atoms with Gasteiger partial charge in [0.2, 0.25) is 0 Å². The van der Waals surface area contributed by atoms with Crippen molar-refractivity contribution in [3.05, 3.63) is 52.8 Å². The van der Waals surface area contributed by atoms with Gasteiger partial charge in [-0.1, -0.05) is 29.8 Å². The highest BCUT2D eigenvalue weighted by Crippen LogP contribution is 2.29. The van der Waals surface area contributed by atoms with E-state index < -0.39 is 0 Å². The van der Waals surface area contributed by atoms with Crippen molar-refractivity contribution in [2.75, 3.05) is 5.32 Å². The number of carbonyl (C=O) groups is 1. The van der Waals surface area contributed by atoms with Crippen molar-refractivity contribution in [3.63, 3.8) is 0 Å². The number of halogens is 1. The minimum Gasteiger partial charge on any atom is -0.305 e. The zero-order valence-electron chi connectivity index (χ0n) is 13.2. The van der Waals surface area contributed by atoms with E-state index >= 15 is 0 Å². The Bertz CT molecular complexity index is 905. The molecule has 4 rings (SSSR count). The Morgan fingerprint density at radius 3 is 2.92 bits per heavy atom. The minimum atomic E-state index is -0.241. The molecular formula is C17H16ClN5O.